The third-order valence-electron chi connectivity index (χ3n) is 2.52. The van der Waals surface area contributed by atoms with Crippen molar-refractivity contribution in [2.75, 3.05) is 20.0 Å². The monoisotopic (exact) mass is 294 g/mol. The third kappa shape index (κ3) is 2.75. The third-order valence-corrected chi connectivity index (χ3v) is 3.63. The number of carbonyl (C=O) groups is 1. The van der Waals surface area contributed by atoms with Crippen molar-refractivity contribution in [1.29, 1.82) is 0 Å². The van der Waals surface area contributed by atoms with Gasteiger partial charge in [0.25, 0.3) is 0 Å². The van der Waals surface area contributed by atoms with Gasteiger partial charge in [-0.2, -0.15) is 0 Å². The van der Waals surface area contributed by atoms with Gasteiger partial charge in [-0.1, -0.05) is 0 Å². The molecule has 7 nitrogen and oxygen atoms in total. The van der Waals surface area contributed by atoms with Gasteiger partial charge in [-0.15, -0.1) is 11.3 Å². The van der Waals surface area contributed by atoms with Gasteiger partial charge in [0.15, 0.2) is 0 Å². The van der Waals surface area contributed by atoms with E-state index in [0.717, 1.165) is 0 Å². The number of esters is 1. The van der Waals surface area contributed by atoms with E-state index in [4.69, 9.17) is 15.2 Å². The van der Waals surface area contributed by atoms with Crippen molar-refractivity contribution in [3.63, 3.8) is 0 Å². The van der Waals surface area contributed by atoms with Crippen molar-refractivity contribution in [3.05, 3.63) is 22.6 Å². The first-order valence-corrected chi connectivity index (χ1v) is 6.55. The normalized spacial score (nSPS) is 10.6. The van der Waals surface area contributed by atoms with Gasteiger partial charge in [-0.25, -0.2) is 19.7 Å². The number of nitrogens with zero attached hydrogens (tertiary/aromatic N) is 3. The van der Waals surface area contributed by atoms with Crippen molar-refractivity contribution in [3.8, 4) is 10.6 Å². The zero-order chi connectivity index (χ0) is 14.7. The van der Waals surface area contributed by atoms with Crippen LogP contribution in [0.5, 0.6) is 0 Å². The molecule has 2 N–H and O–H groups in total. The minimum absolute atomic E-state index is 0.216. The second-order valence-corrected chi connectivity index (χ2v) is 4.93. The summed E-state index contributed by atoms with van der Waals surface area (Å²) >= 11 is 1.18. The molecule has 0 saturated carbocycles. The number of ether oxygens (including phenoxy) is 2. The maximum Gasteiger partial charge on any atom is 0.350 e. The Labute approximate surface area is 119 Å². The molecule has 0 fully saturated rings. The summed E-state index contributed by atoms with van der Waals surface area (Å²) in [5.41, 5.74) is 6.97. The fourth-order valence-corrected chi connectivity index (χ4v) is 2.61. The van der Waals surface area contributed by atoms with Crippen LogP contribution >= 0.6 is 11.3 Å². The zero-order valence-electron chi connectivity index (χ0n) is 11.3. The second-order valence-electron chi connectivity index (χ2n) is 3.94. The van der Waals surface area contributed by atoms with Crippen LogP contribution < -0.4 is 5.73 Å². The lowest BCUT2D eigenvalue weighted by molar-refractivity contribution is 0.0601. The van der Waals surface area contributed by atoms with Gasteiger partial charge in [0.05, 0.1) is 25.0 Å². The van der Waals surface area contributed by atoms with Crippen LogP contribution in [0.2, 0.25) is 0 Å². The molecule has 2 rings (SSSR count). The Bertz CT molecular complexity index is 642. The Morgan fingerprint density at radius 2 is 2.15 bits per heavy atom. The predicted octanol–water partition coefficient (Wildman–Crippen LogP) is 1.42. The minimum Gasteiger partial charge on any atom is -0.465 e. The quantitative estimate of drug-likeness (QED) is 0.851. The van der Waals surface area contributed by atoms with E-state index in [1.165, 1.54) is 25.6 Å². The van der Waals surface area contributed by atoms with E-state index in [9.17, 15) is 4.79 Å². The largest absolute Gasteiger partial charge is 0.465 e. The maximum absolute atomic E-state index is 11.7. The number of thiazole rings is 1. The average Bonchev–Trinajstić information content (AvgIpc) is 2.82. The fraction of sp³-hybridized carbons (Fsp3) is 0.333. The molecule has 0 saturated heterocycles. The van der Waals surface area contributed by atoms with Gasteiger partial charge in [-0.3, -0.25) is 0 Å². The van der Waals surface area contributed by atoms with Gasteiger partial charge in [-0.05, 0) is 6.92 Å². The van der Waals surface area contributed by atoms with E-state index in [-0.39, 0.29) is 6.61 Å². The number of carbonyl (C=O) groups excluding carboxylic acids is 1. The number of hydrogen-bond acceptors (Lipinski definition) is 8. The number of methoxy groups -OCH3 is 2. The molecule has 0 amide bonds. The van der Waals surface area contributed by atoms with Crippen LogP contribution in [-0.4, -0.2) is 35.1 Å². The van der Waals surface area contributed by atoms with Crippen molar-refractivity contribution < 1.29 is 14.3 Å². The number of hydrogen-bond donors (Lipinski definition) is 1. The van der Waals surface area contributed by atoms with Crippen LogP contribution in [0.25, 0.3) is 10.6 Å². The summed E-state index contributed by atoms with van der Waals surface area (Å²) in [6.07, 6.45) is 1.59. The van der Waals surface area contributed by atoms with Crippen LogP contribution in [0.1, 0.15) is 21.2 Å². The smallest absolute Gasteiger partial charge is 0.350 e. The van der Waals surface area contributed by atoms with Crippen LogP contribution in [0.4, 0.5) is 5.82 Å². The highest BCUT2D eigenvalue weighted by atomic mass is 32.1. The predicted molar refractivity (Wildman–Crippen MR) is 74.3 cm³/mol. The van der Waals surface area contributed by atoms with Crippen LogP contribution in [0, 0.1) is 6.92 Å². The average molecular weight is 294 g/mol. The van der Waals surface area contributed by atoms with Gasteiger partial charge in [0.2, 0.25) is 0 Å². The first kappa shape index (κ1) is 14.4. The minimum atomic E-state index is -0.451. The van der Waals surface area contributed by atoms with Crippen LogP contribution in [0.15, 0.2) is 6.20 Å². The summed E-state index contributed by atoms with van der Waals surface area (Å²) < 4.78 is 9.77. The highest BCUT2D eigenvalue weighted by Crippen LogP contribution is 2.31. The SMILES string of the molecule is COCc1nc(-c2cnc(C)nc2N)sc1C(=O)OC. The molecule has 2 aromatic heterocycles. The molecule has 0 spiro atoms. The Morgan fingerprint density at radius 1 is 1.40 bits per heavy atom. The second kappa shape index (κ2) is 5.93. The Balaban J connectivity index is 2.49. The number of anilines is 1. The molecular weight excluding hydrogens is 280 g/mol. The van der Waals surface area contributed by atoms with Crippen molar-refractivity contribution in [1.82, 2.24) is 15.0 Å². The Kier molecular flexibility index (Phi) is 4.26. The molecule has 0 atom stereocenters. The fourth-order valence-electron chi connectivity index (χ4n) is 1.61. The van der Waals surface area contributed by atoms with Gasteiger partial charge in [0.1, 0.15) is 21.5 Å². The summed E-state index contributed by atoms with van der Waals surface area (Å²) in [5, 5.41) is 0.565. The molecule has 2 aromatic rings. The van der Waals surface area contributed by atoms with Gasteiger partial charge < -0.3 is 15.2 Å². The van der Waals surface area contributed by atoms with Crippen molar-refractivity contribution in [2.24, 2.45) is 0 Å². The van der Waals surface area contributed by atoms with Crippen LogP contribution in [0.3, 0.4) is 0 Å². The molecule has 2 heterocycles. The summed E-state index contributed by atoms with van der Waals surface area (Å²) in [6, 6.07) is 0. The molecule has 20 heavy (non-hydrogen) atoms. The standard InChI is InChI=1S/C12H14N4O3S/c1-6-14-4-7(10(13)15-6)11-16-8(5-18-2)9(20-11)12(17)19-3/h4H,5H2,1-3H3,(H2,13,14,15). The maximum atomic E-state index is 11.7. The van der Waals surface area contributed by atoms with E-state index in [0.29, 0.717) is 32.8 Å². The highest BCUT2D eigenvalue weighted by molar-refractivity contribution is 7.17. The summed E-state index contributed by atoms with van der Waals surface area (Å²) in [7, 11) is 2.85. The van der Waals surface area contributed by atoms with E-state index < -0.39 is 5.97 Å². The topological polar surface area (TPSA) is 100 Å². The molecule has 0 bridgehead atoms. The number of aromatic nitrogens is 3. The summed E-state index contributed by atoms with van der Waals surface area (Å²) in [6.45, 7) is 1.96. The van der Waals surface area contributed by atoms with Crippen LogP contribution in [-0.2, 0) is 16.1 Å². The van der Waals surface area contributed by atoms with E-state index in [2.05, 4.69) is 15.0 Å². The summed E-state index contributed by atoms with van der Waals surface area (Å²) in [5.74, 6) is 0.451. The molecule has 0 aromatic carbocycles. The molecule has 0 aliphatic heterocycles. The van der Waals surface area contributed by atoms with E-state index in [1.807, 2.05) is 0 Å². The molecule has 0 aliphatic rings. The molecule has 0 aliphatic carbocycles. The molecule has 0 radical (unpaired) electrons. The Hall–Kier alpha value is -2.06. The number of aryl methyl sites for hydroxylation is 1. The first-order chi connectivity index (χ1) is 9.56. The first-order valence-electron chi connectivity index (χ1n) is 5.73. The number of nitrogen functional groups attached to an aromatic ring is 1. The van der Waals surface area contributed by atoms with E-state index in [1.54, 1.807) is 13.1 Å². The lowest BCUT2D eigenvalue weighted by Gasteiger charge is -2.00. The lowest BCUT2D eigenvalue weighted by atomic mass is 10.3. The van der Waals surface area contributed by atoms with Crippen molar-refractivity contribution in [2.45, 2.75) is 13.5 Å². The molecular formula is C12H14N4O3S. The van der Waals surface area contributed by atoms with E-state index >= 15 is 0 Å². The lowest BCUT2D eigenvalue weighted by Crippen LogP contribution is -2.03. The molecule has 106 valence electrons. The van der Waals surface area contributed by atoms with Gasteiger partial charge >= 0.3 is 5.97 Å². The molecule has 0 unspecified atom stereocenters. The number of nitrogens with two attached hydrogens (primary N) is 1. The number of rotatable bonds is 4. The van der Waals surface area contributed by atoms with Crippen molar-refractivity contribution >= 4 is 23.1 Å². The molecule has 8 heteroatoms. The van der Waals surface area contributed by atoms with Gasteiger partial charge in [0, 0.05) is 13.3 Å². The summed E-state index contributed by atoms with van der Waals surface area (Å²) in [4.78, 5) is 24.7. The Morgan fingerprint density at radius 3 is 2.75 bits per heavy atom. The zero-order valence-corrected chi connectivity index (χ0v) is 12.2. The highest BCUT2D eigenvalue weighted by Gasteiger charge is 2.20.